The number of thiophene rings is 1. The van der Waals surface area contributed by atoms with E-state index in [-0.39, 0.29) is 5.91 Å². The SMILES string of the molecule is O=C(Nc1cnc(Sc2nnc(-c3cccs3)n2CCc2ccccc2)s1)c1ccccc1. The summed E-state index contributed by atoms with van der Waals surface area (Å²) in [6.07, 6.45) is 2.56. The fourth-order valence-corrected chi connectivity index (χ4v) is 5.80. The summed E-state index contributed by atoms with van der Waals surface area (Å²) in [5.74, 6) is 0.708. The van der Waals surface area contributed by atoms with Gasteiger partial charge in [0.25, 0.3) is 5.91 Å². The molecule has 1 amide bonds. The van der Waals surface area contributed by atoms with E-state index in [1.54, 1.807) is 29.7 Å². The third-order valence-corrected chi connectivity index (χ3v) is 7.70. The van der Waals surface area contributed by atoms with Crippen LogP contribution in [0.15, 0.2) is 93.9 Å². The first-order valence-electron chi connectivity index (χ1n) is 10.3. The van der Waals surface area contributed by atoms with Gasteiger partial charge in [-0.25, -0.2) is 4.98 Å². The molecule has 9 heteroatoms. The Labute approximate surface area is 203 Å². The molecule has 0 atom stereocenters. The number of hydrogen-bond donors (Lipinski definition) is 1. The molecule has 6 nitrogen and oxygen atoms in total. The fraction of sp³-hybridized carbons (Fsp3) is 0.0833. The van der Waals surface area contributed by atoms with Gasteiger partial charge in [-0.3, -0.25) is 4.79 Å². The van der Waals surface area contributed by atoms with Crippen LogP contribution in [0, 0.1) is 0 Å². The summed E-state index contributed by atoms with van der Waals surface area (Å²) in [5, 5.41) is 15.4. The molecule has 0 saturated heterocycles. The van der Waals surface area contributed by atoms with Crippen LogP contribution in [-0.4, -0.2) is 25.7 Å². The minimum absolute atomic E-state index is 0.151. The number of carbonyl (C=O) groups is 1. The van der Waals surface area contributed by atoms with Gasteiger partial charge in [0, 0.05) is 12.1 Å². The number of nitrogens with one attached hydrogen (secondary N) is 1. The topological polar surface area (TPSA) is 72.7 Å². The number of nitrogens with zero attached hydrogens (tertiary/aromatic N) is 4. The molecule has 0 bridgehead atoms. The number of carbonyl (C=O) groups excluding carboxylic acids is 1. The number of amides is 1. The zero-order chi connectivity index (χ0) is 22.5. The molecule has 0 aliphatic carbocycles. The third kappa shape index (κ3) is 5.22. The zero-order valence-electron chi connectivity index (χ0n) is 17.4. The summed E-state index contributed by atoms with van der Waals surface area (Å²) < 4.78 is 2.94. The first-order valence-corrected chi connectivity index (χ1v) is 12.8. The van der Waals surface area contributed by atoms with Crippen LogP contribution in [0.25, 0.3) is 10.7 Å². The van der Waals surface area contributed by atoms with Gasteiger partial charge in [-0.2, -0.15) is 0 Å². The average molecular weight is 490 g/mol. The molecule has 0 radical (unpaired) electrons. The number of aryl methyl sites for hydroxylation is 1. The summed E-state index contributed by atoms with van der Waals surface area (Å²) in [6, 6.07) is 23.6. The minimum Gasteiger partial charge on any atom is -0.312 e. The van der Waals surface area contributed by atoms with Crippen molar-refractivity contribution in [3.8, 4) is 10.7 Å². The predicted molar refractivity (Wildman–Crippen MR) is 134 cm³/mol. The van der Waals surface area contributed by atoms with Gasteiger partial charge >= 0.3 is 0 Å². The Morgan fingerprint density at radius 3 is 2.52 bits per heavy atom. The van der Waals surface area contributed by atoms with Gasteiger partial charge in [0.1, 0.15) is 5.00 Å². The lowest BCUT2D eigenvalue weighted by Gasteiger charge is -2.09. The van der Waals surface area contributed by atoms with E-state index in [1.165, 1.54) is 28.7 Å². The third-order valence-electron chi connectivity index (χ3n) is 4.86. The fourth-order valence-electron chi connectivity index (χ4n) is 3.25. The summed E-state index contributed by atoms with van der Waals surface area (Å²) in [4.78, 5) is 18.0. The maximum absolute atomic E-state index is 12.4. The highest BCUT2D eigenvalue weighted by atomic mass is 32.2. The maximum Gasteiger partial charge on any atom is 0.256 e. The van der Waals surface area contributed by atoms with Crippen molar-refractivity contribution in [2.24, 2.45) is 0 Å². The van der Waals surface area contributed by atoms with E-state index in [9.17, 15) is 4.79 Å². The van der Waals surface area contributed by atoms with Crippen LogP contribution >= 0.6 is 34.4 Å². The number of hydrogen-bond acceptors (Lipinski definition) is 7. The van der Waals surface area contributed by atoms with Gasteiger partial charge in [0.2, 0.25) is 0 Å². The van der Waals surface area contributed by atoms with E-state index in [1.807, 2.05) is 35.7 Å². The van der Waals surface area contributed by atoms with Crippen molar-refractivity contribution in [3.05, 3.63) is 95.5 Å². The van der Waals surface area contributed by atoms with E-state index in [4.69, 9.17) is 0 Å². The molecule has 0 unspecified atom stereocenters. The molecule has 5 rings (SSSR count). The van der Waals surface area contributed by atoms with Crippen LogP contribution in [0.4, 0.5) is 5.00 Å². The highest BCUT2D eigenvalue weighted by Crippen LogP contribution is 2.35. The van der Waals surface area contributed by atoms with Crippen LogP contribution in [0.1, 0.15) is 15.9 Å². The molecule has 2 aromatic carbocycles. The number of thiazole rings is 1. The molecule has 0 fully saturated rings. The summed E-state index contributed by atoms with van der Waals surface area (Å²) in [5.41, 5.74) is 1.88. The van der Waals surface area contributed by atoms with Crippen molar-refractivity contribution in [2.45, 2.75) is 22.5 Å². The Balaban J connectivity index is 1.34. The molecule has 5 aromatic rings. The summed E-state index contributed by atoms with van der Waals surface area (Å²) in [6.45, 7) is 0.759. The lowest BCUT2D eigenvalue weighted by atomic mass is 10.1. The average Bonchev–Trinajstić information content (AvgIpc) is 3.61. The van der Waals surface area contributed by atoms with Crippen molar-refractivity contribution < 1.29 is 4.79 Å². The Bertz CT molecular complexity index is 1330. The highest BCUT2D eigenvalue weighted by molar-refractivity contribution is 8.01. The maximum atomic E-state index is 12.4. The van der Waals surface area contributed by atoms with Crippen molar-refractivity contribution >= 4 is 45.3 Å². The van der Waals surface area contributed by atoms with Crippen LogP contribution < -0.4 is 5.32 Å². The molecular weight excluding hydrogens is 470 g/mol. The van der Waals surface area contributed by atoms with Gasteiger partial charge in [-0.15, -0.1) is 21.5 Å². The molecule has 0 spiro atoms. The van der Waals surface area contributed by atoms with Crippen LogP contribution in [0.5, 0.6) is 0 Å². The van der Waals surface area contributed by atoms with Gasteiger partial charge in [0.15, 0.2) is 15.3 Å². The summed E-state index contributed by atoms with van der Waals surface area (Å²) in [7, 11) is 0. The Morgan fingerprint density at radius 2 is 1.76 bits per heavy atom. The van der Waals surface area contributed by atoms with Gasteiger partial charge < -0.3 is 9.88 Å². The minimum atomic E-state index is -0.151. The zero-order valence-corrected chi connectivity index (χ0v) is 19.9. The quantitative estimate of drug-likeness (QED) is 0.285. The smallest absolute Gasteiger partial charge is 0.256 e. The monoisotopic (exact) mass is 489 g/mol. The molecule has 164 valence electrons. The first-order chi connectivity index (χ1) is 16.3. The molecule has 0 aliphatic rings. The molecule has 1 N–H and O–H groups in total. The second kappa shape index (κ2) is 10.1. The van der Waals surface area contributed by atoms with Crippen LogP contribution in [-0.2, 0) is 13.0 Å². The molecule has 33 heavy (non-hydrogen) atoms. The second-order valence-electron chi connectivity index (χ2n) is 7.08. The first kappa shape index (κ1) is 21.6. The predicted octanol–water partition coefficient (Wildman–Crippen LogP) is 6.11. The van der Waals surface area contributed by atoms with E-state index >= 15 is 0 Å². The lowest BCUT2D eigenvalue weighted by Crippen LogP contribution is -2.10. The molecule has 0 saturated carbocycles. The van der Waals surface area contributed by atoms with Gasteiger partial charge in [0.05, 0.1) is 11.1 Å². The molecule has 0 aliphatic heterocycles. The molecule has 3 aromatic heterocycles. The van der Waals surface area contributed by atoms with Gasteiger partial charge in [-0.05, 0) is 47.3 Å². The van der Waals surface area contributed by atoms with Crippen LogP contribution in [0.2, 0.25) is 0 Å². The Morgan fingerprint density at radius 1 is 0.970 bits per heavy atom. The summed E-state index contributed by atoms with van der Waals surface area (Å²) >= 11 is 4.53. The van der Waals surface area contributed by atoms with Gasteiger partial charge in [-0.1, -0.05) is 65.9 Å². The van der Waals surface area contributed by atoms with Crippen molar-refractivity contribution in [2.75, 3.05) is 5.32 Å². The van der Waals surface area contributed by atoms with Crippen molar-refractivity contribution in [1.29, 1.82) is 0 Å². The molecule has 3 heterocycles. The number of rotatable bonds is 8. The van der Waals surface area contributed by atoms with Crippen LogP contribution in [0.3, 0.4) is 0 Å². The normalized spacial score (nSPS) is 10.9. The lowest BCUT2D eigenvalue weighted by molar-refractivity contribution is 0.102. The number of benzene rings is 2. The Hall–Kier alpha value is -3.27. The second-order valence-corrected chi connectivity index (χ2v) is 10.3. The van der Waals surface area contributed by atoms with Crippen molar-refractivity contribution in [3.63, 3.8) is 0 Å². The van der Waals surface area contributed by atoms with E-state index in [0.717, 1.165) is 33.2 Å². The standard InChI is InChI=1S/C24H19N5OS3/c30-22(18-10-5-2-6-11-18)26-20-16-25-24(32-20)33-23-28-27-21(19-12-7-15-31-19)29(23)14-13-17-8-3-1-4-9-17/h1-12,15-16H,13-14H2,(H,26,30). The van der Waals surface area contributed by atoms with E-state index in [2.05, 4.69) is 55.4 Å². The largest absolute Gasteiger partial charge is 0.312 e. The molecular formula is C24H19N5OS3. The highest BCUT2D eigenvalue weighted by Gasteiger charge is 2.18. The van der Waals surface area contributed by atoms with E-state index in [0.29, 0.717) is 10.6 Å². The Kier molecular flexibility index (Phi) is 6.61. The number of anilines is 1. The number of aromatic nitrogens is 4. The van der Waals surface area contributed by atoms with Crippen molar-refractivity contribution in [1.82, 2.24) is 19.7 Å². The van der Waals surface area contributed by atoms with E-state index < -0.39 is 0 Å².